The van der Waals surface area contributed by atoms with Crippen molar-refractivity contribution in [2.75, 3.05) is 16.8 Å². The van der Waals surface area contributed by atoms with Gasteiger partial charge < -0.3 is 14.8 Å². The normalized spacial score (nSPS) is 14.3. The van der Waals surface area contributed by atoms with Gasteiger partial charge in [-0.2, -0.15) is 5.10 Å². The van der Waals surface area contributed by atoms with Crippen molar-refractivity contribution in [1.82, 2.24) is 14.8 Å². The van der Waals surface area contributed by atoms with E-state index in [2.05, 4.69) is 20.1 Å². The van der Waals surface area contributed by atoms with Gasteiger partial charge in [0.2, 0.25) is 5.91 Å². The number of pyridine rings is 1. The quantitative estimate of drug-likeness (QED) is 0.586. The molecule has 0 saturated carbocycles. The number of nitrogens with one attached hydrogen (secondary N) is 1. The van der Waals surface area contributed by atoms with Crippen LogP contribution in [-0.4, -0.2) is 45.6 Å². The van der Waals surface area contributed by atoms with E-state index in [1.807, 2.05) is 0 Å². The van der Waals surface area contributed by atoms with Crippen LogP contribution in [-0.2, 0) is 16.6 Å². The van der Waals surface area contributed by atoms with Crippen LogP contribution in [0.15, 0.2) is 48.7 Å². The summed E-state index contributed by atoms with van der Waals surface area (Å²) >= 11 is 0. The lowest BCUT2D eigenvalue weighted by Crippen LogP contribution is -2.48. The highest BCUT2D eigenvalue weighted by molar-refractivity contribution is 6.10. The third-order valence-electron chi connectivity index (χ3n) is 5.04. The zero-order chi connectivity index (χ0) is 24.5. The van der Waals surface area contributed by atoms with Gasteiger partial charge in [0.25, 0.3) is 5.91 Å². The molecule has 1 atom stereocenters. The molecule has 0 aliphatic carbocycles. The minimum atomic E-state index is -4.81. The van der Waals surface area contributed by atoms with Gasteiger partial charge in [-0.05, 0) is 48.9 Å². The predicted molar refractivity (Wildman–Crippen MR) is 115 cm³/mol. The molecule has 1 aliphatic rings. The Bertz CT molecular complexity index is 1210. The number of hydrogen-bond acceptors (Lipinski definition) is 6. The van der Waals surface area contributed by atoms with E-state index < -0.39 is 24.1 Å². The summed E-state index contributed by atoms with van der Waals surface area (Å²) in [7, 11) is 1.76. The third kappa shape index (κ3) is 4.95. The number of benzene rings is 1. The molecule has 1 aliphatic heterocycles. The second kappa shape index (κ2) is 9.04. The highest BCUT2D eigenvalue weighted by Gasteiger charge is 2.34. The van der Waals surface area contributed by atoms with Gasteiger partial charge in [0, 0.05) is 13.2 Å². The van der Waals surface area contributed by atoms with Crippen molar-refractivity contribution in [3.05, 3.63) is 48.7 Å². The SMILES string of the molecule is CCC(Oc1ccc(OC(F)(F)F)cc1)C(=O)N1CC(=O)Nc2ccc(-c3ccnn3C)nc21. The number of anilines is 2. The van der Waals surface area contributed by atoms with Crippen LogP contribution in [0.5, 0.6) is 11.5 Å². The molecule has 0 bridgehead atoms. The molecular weight excluding hydrogens is 455 g/mol. The first-order valence-electron chi connectivity index (χ1n) is 10.3. The molecule has 0 fully saturated rings. The fraction of sp³-hybridized carbons (Fsp3) is 0.273. The number of fused-ring (bicyclic) bond motifs is 1. The Balaban J connectivity index is 1.58. The van der Waals surface area contributed by atoms with Crippen LogP contribution in [0.3, 0.4) is 0 Å². The number of amides is 2. The number of carbonyl (C=O) groups is 2. The van der Waals surface area contributed by atoms with Gasteiger partial charge >= 0.3 is 6.36 Å². The summed E-state index contributed by atoms with van der Waals surface area (Å²) in [4.78, 5) is 31.4. The number of carbonyl (C=O) groups excluding carboxylic acids is 2. The molecule has 9 nitrogen and oxygen atoms in total. The predicted octanol–water partition coefficient (Wildman–Crippen LogP) is 3.52. The third-order valence-corrected chi connectivity index (χ3v) is 5.04. The summed E-state index contributed by atoms with van der Waals surface area (Å²) in [6.07, 6.45) is -3.95. The molecule has 0 saturated heterocycles. The Morgan fingerprint density at radius 3 is 2.47 bits per heavy atom. The molecule has 34 heavy (non-hydrogen) atoms. The number of hydrogen-bond donors (Lipinski definition) is 1. The maximum Gasteiger partial charge on any atom is 0.573 e. The lowest BCUT2D eigenvalue weighted by Gasteiger charge is -2.31. The molecule has 3 aromatic rings. The molecule has 0 radical (unpaired) electrons. The highest BCUT2D eigenvalue weighted by atomic mass is 19.4. The van der Waals surface area contributed by atoms with Crippen LogP contribution < -0.4 is 19.7 Å². The van der Waals surface area contributed by atoms with Gasteiger partial charge in [-0.3, -0.25) is 19.2 Å². The smallest absolute Gasteiger partial charge is 0.481 e. The van der Waals surface area contributed by atoms with E-state index in [-0.39, 0.29) is 30.4 Å². The van der Waals surface area contributed by atoms with Crippen LogP contribution in [0.2, 0.25) is 0 Å². The largest absolute Gasteiger partial charge is 0.573 e. The van der Waals surface area contributed by atoms with E-state index in [4.69, 9.17) is 4.74 Å². The number of nitrogens with zero attached hydrogens (tertiary/aromatic N) is 4. The Hall–Kier alpha value is -4.09. The summed E-state index contributed by atoms with van der Waals surface area (Å²) < 4.78 is 48.3. The molecule has 2 aromatic heterocycles. The van der Waals surface area contributed by atoms with Crippen molar-refractivity contribution in [2.24, 2.45) is 7.05 Å². The van der Waals surface area contributed by atoms with E-state index in [1.54, 1.807) is 43.0 Å². The van der Waals surface area contributed by atoms with Crippen molar-refractivity contribution in [3.8, 4) is 22.9 Å². The monoisotopic (exact) mass is 475 g/mol. The Labute approximate surface area is 192 Å². The molecular formula is C22H20F3N5O4. The molecule has 1 aromatic carbocycles. The van der Waals surface area contributed by atoms with Gasteiger partial charge in [-0.1, -0.05) is 6.92 Å². The van der Waals surface area contributed by atoms with Crippen molar-refractivity contribution in [2.45, 2.75) is 25.8 Å². The van der Waals surface area contributed by atoms with Crippen LogP contribution in [0.25, 0.3) is 11.4 Å². The van der Waals surface area contributed by atoms with E-state index in [9.17, 15) is 22.8 Å². The molecule has 12 heteroatoms. The van der Waals surface area contributed by atoms with Crippen molar-refractivity contribution in [3.63, 3.8) is 0 Å². The van der Waals surface area contributed by atoms with Crippen molar-refractivity contribution < 1.29 is 32.2 Å². The van der Waals surface area contributed by atoms with E-state index in [0.29, 0.717) is 11.4 Å². The van der Waals surface area contributed by atoms with Crippen molar-refractivity contribution in [1.29, 1.82) is 0 Å². The van der Waals surface area contributed by atoms with Crippen LogP contribution in [0.1, 0.15) is 13.3 Å². The number of ether oxygens (including phenoxy) is 2. The first kappa shape index (κ1) is 23.1. The van der Waals surface area contributed by atoms with E-state index >= 15 is 0 Å². The number of alkyl halides is 3. The number of aryl methyl sites for hydroxylation is 1. The van der Waals surface area contributed by atoms with E-state index in [0.717, 1.165) is 17.8 Å². The van der Waals surface area contributed by atoms with E-state index in [1.165, 1.54) is 17.0 Å². The average molecular weight is 475 g/mol. The summed E-state index contributed by atoms with van der Waals surface area (Å²) in [5.41, 5.74) is 1.65. The standard InChI is InChI=1S/C22H20F3N5O4/c1-3-18(33-13-4-6-14(7-5-13)34-22(23,24)25)21(32)30-12-19(31)27-16-9-8-15(28-20(16)30)17-10-11-26-29(17)2/h4-11,18H,3,12H2,1-2H3,(H,27,31). The Morgan fingerprint density at radius 2 is 1.85 bits per heavy atom. The lowest BCUT2D eigenvalue weighted by atomic mass is 10.1. The zero-order valence-electron chi connectivity index (χ0n) is 18.2. The van der Waals surface area contributed by atoms with Gasteiger partial charge in [0.1, 0.15) is 18.0 Å². The maximum absolute atomic E-state index is 13.4. The zero-order valence-corrected chi connectivity index (χ0v) is 18.2. The maximum atomic E-state index is 13.4. The highest BCUT2D eigenvalue weighted by Crippen LogP contribution is 2.32. The summed E-state index contributed by atoms with van der Waals surface area (Å²) in [6.45, 7) is 1.46. The van der Waals surface area contributed by atoms with Crippen LogP contribution >= 0.6 is 0 Å². The fourth-order valence-electron chi connectivity index (χ4n) is 3.48. The molecule has 3 heterocycles. The average Bonchev–Trinajstić information content (AvgIpc) is 3.22. The van der Waals surface area contributed by atoms with Crippen molar-refractivity contribution >= 4 is 23.3 Å². The summed E-state index contributed by atoms with van der Waals surface area (Å²) in [5.74, 6) is -0.872. The minimum Gasteiger partial charge on any atom is -0.481 e. The van der Waals surface area contributed by atoms with Gasteiger partial charge in [-0.15, -0.1) is 13.2 Å². The molecule has 1 unspecified atom stereocenters. The first-order valence-corrected chi connectivity index (χ1v) is 10.3. The Morgan fingerprint density at radius 1 is 1.15 bits per heavy atom. The minimum absolute atomic E-state index is 0.174. The van der Waals surface area contributed by atoms with Gasteiger partial charge in [0.05, 0.1) is 17.1 Å². The van der Waals surface area contributed by atoms with Gasteiger partial charge in [0.15, 0.2) is 11.9 Å². The fourth-order valence-corrected chi connectivity index (χ4v) is 3.48. The first-order chi connectivity index (χ1) is 16.1. The Kier molecular flexibility index (Phi) is 6.14. The molecule has 178 valence electrons. The summed E-state index contributed by atoms with van der Waals surface area (Å²) in [6, 6.07) is 9.86. The number of halogens is 3. The molecule has 2 amide bonds. The number of rotatable bonds is 6. The lowest BCUT2D eigenvalue weighted by molar-refractivity contribution is -0.274. The molecule has 1 N–H and O–H groups in total. The summed E-state index contributed by atoms with van der Waals surface area (Å²) in [5, 5.41) is 6.82. The second-order valence-corrected chi connectivity index (χ2v) is 7.41. The molecule has 4 rings (SSSR count). The number of aromatic nitrogens is 3. The van der Waals surface area contributed by atoms with Crippen LogP contribution in [0, 0.1) is 0 Å². The second-order valence-electron chi connectivity index (χ2n) is 7.41. The topological polar surface area (TPSA) is 98.6 Å². The molecule has 0 spiro atoms. The van der Waals surface area contributed by atoms with Crippen LogP contribution in [0.4, 0.5) is 24.7 Å². The van der Waals surface area contributed by atoms with Gasteiger partial charge in [-0.25, -0.2) is 4.98 Å².